The van der Waals surface area contributed by atoms with E-state index < -0.39 is 0 Å². The van der Waals surface area contributed by atoms with Crippen LogP contribution in [0.15, 0.2) is 42.6 Å². The second-order valence-electron chi connectivity index (χ2n) is 5.59. The molecule has 22 heavy (non-hydrogen) atoms. The Morgan fingerprint density at radius 1 is 1.18 bits per heavy atom. The molecule has 5 nitrogen and oxygen atoms in total. The molecule has 3 rings (SSSR count). The van der Waals surface area contributed by atoms with Crippen molar-refractivity contribution in [2.75, 3.05) is 0 Å². The minimum absolute atomic E-state index is 0.0115. The number of rotatable bonds is 5. The molecular formula is C17H19N3O2. The van der Waals surface area contributed by atoms with Gasteiger partial charge in [0.15, 0.2) is 5.78 Å². The summed E-state index contributed by atoms with van der Waals surface area (Å²) >= 11 is 0. The van der Waals surface area contributed by atoms with Crippen LogP contribution in [-0.2, 0) is 17.8 Å². The van der Waals surface area contributed by atoms with Gasteiger partial charge in [-0.25, -0.2) is 0 Å². The van der Waals surface area contributed by atoms with E-state index >= 15 is 0 Å². The van der Waals surface area contributed by atoms with Gasteiger partial charge in [-0.15, -0.1) is 0 Å². The van der Waals surface area contributed by atoms with Gasteiger partial charge in [-0.3, -0.25) is 14.3 Å². The Morgan fingerprint density at radius 3 is 2.82 bits per heavy atom. The van der Waals surface area contributed by atoms with Crippen molar-refractivity contribution < 1.29 is 9.59 Å². The lowest BCUT2D eigenvalue weighted by molar-refractivity contribution is -0.121. The predicted molar refractivity (Wildman–Crippen MR) is 82.5 cm³/mol. The number of benzene rings is 1. The zero-order chi connectivity index (χ0) is 15.4. The molecule has 2 heterocycles. The van der Waals surface area contributed by atoms with Crippen LogP contribution in [0.2, 0.25) is 0 Å². The zero-order valence-electron chi connectivity index (χ0n) is 12.4. The van der Waals surface area contributed by atoms with Gasteiger partial charge in [-0.05, 0) is 12.5 Å². The van der Waals surface area contributed by atoms with Crippen LogP contribution in [0.1, 0.15) is 35.3 Å². The molecule has 0 fully saturated rings. The van der Waals surface area contributed by atoms with Gasteiger partial charge in [0.05, 0.1) is 0 Å². The number of ketones is 1. The molecule has 1 amide bonds. The first kappa shape index (κ1) is 14.5. The molecule has 0 radical (unpaired) electrons. The Labute approximate surface area is 129 Å². The number of carbonyl (C=O) groups is 2. The average molecular weight is 297 g/mol. The van der Waals surface area contributed by atoms with Crippen LogP contribution < -0.4 is 5.32 Å². The molecule has 1 N–H and O–H groups in total. The van der Waals surface area contributed by atoms with E-state index in [0.717, 1.165) is 25.1 Å². The Bertz CT molecular complexity index is 664. The second kappa shape index (κ2) is 6.56. The maximum Gasteiger partial charge on any atom is 0.220 e. The number of nitrogens with one attached hydrogen (secondary N) is 1. The number of hydrogen-bond acceptors (Lipinski definition) is 3. The van der Waals surface area contributed by atoms with Crippen molar-refractivity contribution in [2.45, 2.75) is 38.3 Å². The van der Waals surface area contributed by atoms with Crippen molar-refractivity contribution in [3.63, 3.8) is 0 Å². The number of Topliss-reactive ketones (excluding diaryl/α,β-unsaturated/α-hetero) is 1. The number of carbonyl (C=O) groups excluding carboxylic acids is 2. The van der Waals surface area contributed by atoms with Gasteiger partial charge in [-0.2, -0.15) is 5.10 Å². The summed E-state index contributed by atoms with van der Waals surface area (Å²) in [5.41, 5.74) is 1.81. The zero-order valence-corrected chi connectivity index (χ0v) is 12.4. The van der Waals surface area contributed by atoms with Gasteiger partial charge in [0, 0.05) is 49.3 Å². The molecular weight excluding hydrogens is 278 g/mol. The fraction of sp³-hybridized carbons (Fsp3) is 0.353. The molecule has 2 aromatic rings. The van der Waals surface area contributed by atoms with E-state index in [1.165, 1.54) is 0 Å². The van der Waals surface area contributed by atoms with Crippen LogP contribution >= 0.6 is 0 Å². The van der Waals surface area contributed by atoms with E-state index in [1.807, 2.05) is 28.9 Å². The van der Waals surface area contributed by atoms with Gasteiger partial charge in [-0.1, -0.05) is 30.3 Å². The van der Waals surface area contributed by atoms with Crippen molar-refractivity contribution in [3.8, 4) is 0 Å². The number of nitrogens with zero attached hydrogens (tertiary/aromatic N) is 2. The molecule has 1 aliphatic rings. The van der Waals surface area contributed by atoms with Gasteiger partial charge in [0.2, 0.25) is 5.91 Å². The highest BCUT2D eigenvalue weighted by molar-refractivity contribution is 5.97. The normalized spacial score (nSPS) is 16.8. The highest BCUT2D eigenvalue weighted by Crippen LogP contribution is 2.14. The number of aromatic nitrogens is 2. The first-order chi connectivity index (χ1) is 10.7. The Morgan fingerprint density at radius 2 is 2.00 bits per heavy atom. The molecule has 0 unspecified atom stereocenters. The topological polar surface area (TPSA) is 64.0 Å². The highest BCUT2D eigenvalue weighted by atomic mass is 16.2. The van der Waals surface area contributed by atoms with Crippen LogP contribution in [0.4, 0.5) is 0 Å². The predicted octanol–water partition coefficient (Wildman–Crippen LogP) is 1.98. The van der Waals surface area contributed by atoms with Gasteiger partial charge >= 0.3 is 0 Å². The minimum atomic E-state index is -0.0535. The molecule has 0 spiro atoms. The summed E-state index contributed by atoms with van der Waals surface area (Å²) in [7, 11) is 0. The summed E-state index contributed by atoms with van der Waals surface area (Å²) in [6.07, 6.45) is 3.97. The van der Waals surface area contributed by atoms with Crippen molar-refractivity contribution in [3.05, 3.63) is 53.9 Å². The number of aryl methyl sites for hydroxylation is 1. The highest BCUT2D eigenvalue weighted by Gasteiger charge is 2.20. The smallest absolute Gasteiger partial charge is 0.220 e. The van der Waals surface area contributed by atoms with Gasteiger partial charge < -0.3 is 5.32 Å². The third-order valence-electron chi connectivity index (χ3n) is 3.99. The Hall–Kier alpha value is -2.43. The first-order valence-corrected chi connectivity index (χ1v) is 7.60. The molecule has 0 saturated carbocycles. The van der Waals surface area contributed by atoms with E-state index in [2.05, 4.69) is 10.4 Å². The Balaban J connectivity index is 1.46. The summed E-state index contributed by atoms with van der Waals surface area (Å²) in [5.74, 6) is -0.0419. The van der Waals surface area contributed by atoms with Crippen LogP contribution in [0.5, 0.6) is 0 Å². The standard InChI is InChI=1S/C17H19N3O2/c21-16(13-4-2-1-3-5-13)6-7-17(22)19-14-9-11-20-15(12-14)8-10-18-20/h1-5,8,10,14H,6-7,9,11-12H2,(H,19,22)/t14-/m0/s1. The van der Waals surface area contributed by atoms with E-state index in [9.17, 15) is 9.59 Å². The first-order valence-electron chi connectivity index (χ1n) is 7.60. The monoisotopic (exact) mass is 297 g/mol. The van der Waals surface area contributed by atoms with Gasteiger partial charge in [0.1, 0.15) is 0 Å². The minimum Gasteiger partial charge on any atom is -0.353 e. The molecule has 0 saturated heterocycles. The maximum atomic E-state index is 12.0. The van der Waals surface area contributed by atoms with Crippen LogP contribution in [0.3, 0.4) is 0 Å². The maximum absolute atomic E-state index is 12.0. The fourth-order valence-electron chi connectivity index (χ4n) is 2.79. The third kappa shape index (κ3) is 3.42. The summed E-state index contributed by atoms with van der Waals surface area (Å²) in [6, 6.07) is 11.2. The number of hydrogen-bond donors (Lipinski definition) is 1. The quantitative estimate of drug-likeness (QED) is 0.858. The molecule has 1 atom stereocenters. The molecule has 1 aromatic heterocycles. The summed E-state index contributed by atoms with van der Waals surface area (Å²) in [4.78, 5) is 24.0. The Kier molecular flexibility index (Phi) is 4.32. The van der Waals surface area contributed by atoms with Crippen molar-refractivity contribution in [2.24, 2.45) is 0 Å². The lowest BCUT2D eigenvalue weighted by Gasteiger charge is -2.24. The van der Waals surface area contributed by atoms with Crippen LogP contribution in [0, 0.1) is 0 Å². The lowest BCUT2D eigenvalue weighted by atomic mass is 10.0. The molecule has 5 heteroatoms. The van der Waals surface area contributed by atoms with Crippen LogP contribution in [-0.4, -0.2) is 27.5 Å². The van der Waals surface area contributed by atoms with Gasteiger partial charge in [0.25, 0.3) is 0 Å². The molecule has 0 aliphatic carbocycles. The average Bonchev–Trinajstić information content (AvgIpc) is 3.01. The fourth-order valence-corrected chi connectivity index (χ4v) is 2.79. The molecule has 0 bridgehead atoms. The van der Waals surface area contributed by atoms with E-state index in [-0.39, 0.29) is 30.6 Å². The van der Waals surface area contributed by atoms with Crippen molar-refractivity contribution in [1.82, 2.24) is 15.1 Å². The summed E-state index contributed by atoms with van der Waals surface area (Å²) in [5, 5.41) is 7.25. The van der Waals surface area contributed by atoms with Crippen LogP contribution in [0.25, 0.3) is 0 Å². The number of fused-ring (bicyclic) bond motifs is 1. The summed E-state index contributed by atoms with van der Waals surface area (Å²) < 4.78 is 1.97. The van der Waals surface area contributed by atoms with Crippen molar-refractivity contribution in [1.29, 1.82) is 0 Å². The molecule has 114 valence electrons. The van der Waals surface area contributed by atoms with E-state index in [1.54, 1.807) is 18.3 Å². The third-order valence-corrected chi connectivity index (χ3v) is 3.99. The largest absolute Gasteiger partial charge is 0.353 e. The number of amides is 1. The SMILES string of the molecule is O=C(CCC(=O)c1ccccc1)N[C@H]1CCn2nccc2C1. The van der Waals surface area contributed by atoms with E-state index in [0.29, 0.717) is 5.56 Å². The molecule has 1 aliphatic heterocycles. The van der Waals surface area contributed by atoms with E-state index in [4.69, 9.17) is 0 Å². The summed E-state index contributed by atoms with van der Waals surface area (Å²) in [6.45, 7) is 0.830. The van der Waals surface area contributed by atoms with Crippen molar-refractivity contribution >= 4 is 11.7 Å². The molecule has 1 aromatic carbocycles. The lowest BCUT2D eigenvalue weighted by Crippen LogP contribution is -2.40. The second-order valence-corrected chi connectivity index (χ2v) is 5.59.